The fourth-order valence-corrected chi connectivity index (χ4v) is 3.16. The standard InChI is InChI=1S/C15H14F6O4.C13H10F6O3.C2H5Cl/c1-3-10-4-6-11(7-5-10)8-24-12(22)13(14(16,17)18,15(19,20)21)25-9-23-2;1-2-8-3-5-9(6-4-8)7-22-10(20)11(21,12(14,15)16)13(17,18)19;1-2-3/h3-7H,1,8-9H2,2H3;2-6,21H,1,7H2;2H2,1H3. The number of rotatable bonds is 11. The van der Waals surface area contributed by atoms with Gasteiger partial charge in [-0.2, -0.15) is 52.7 Å². The summed E-state index contributed by atoms with van der Waals surface area (Å²) in [6.45, 7) is 5.75. The number of esters is 2. The summed E-state index contributed by atoms with van der Waals surface area (Å²) in [5.74, 6) is -4.74. The van der Waals surface area contributed by atoms with E-state index >= 15 is 0 Å². The van der Waals surface area contributed by atoms with E-state index in [1.807, 2.05) is 6.92 Å². The molecule has 7 nitrogen and oxygen atoms in total. The molecular formula is C30H29ClF12O7. The van der Waals surface area contributed by atoms with E-state index in [0.29, 0.717) is 11.1 Å². The molecule has 282 valence electrons. The Morgan fingerprint density at radius 3 is 1.26 bits per heavy atom. The monoisotopic (exact) mass is 764 g/mol. The van der Waals surface area contributed by atoms with Crippen molar-refractivity contribution in [3.63, 3.8) is 0 Å². The Hall–Kier alpha value is -3.81. The van der Waals surface area contributed by atoms with Crippen LogP contribution in [-0.2, 0) is 41.8 Å². The molecule has 0 bridgehead atoms. The van der Waals surface area contributed by atoms with Crippen molar-refractivity contribution < 1.29 is 86.3 Å². The minimum absolute atomic E-state index is 0.144. The zero-order valence-electron chi connectivity index (χ0n) is 25.8. The summed E-state index contributed by atoms with van der Waals surface area (Å²) in [7, 11) is 0.810. The lowest BCUT2D eigenvalue weighted by Gasteiger charge is -2.34. The maximum absolute atomic E-state index is 13.1. The predicted octanol–water partition coefficient (Wildman–Crippen LogP) is 8.33. The third-order valence-corrected chi connectivity index (χ3v) is 5.77. The van der Waals surface area contributed by atoms with Crippen molar-refractivity contribution in [2.75, 3.05) is 19.8 Å². The Morgan fingerprint density at radius 2 is 1.00 bits per heavy atom. The second-order valence-corrected chi connectivity index (χ2v) is 9.78. The zero-order chi connectivity index (χ0) is 39.2. The van der Waals surface area contributed by atoms with Crippen LogP contribution >= 0.6 is 11.6 Å². The largest absolute Gasteiger partial charge is 0.458 e. The first-order valence-corrected chi connectivity index (χ1v) is 13.8. The number of halogens is 13. The van der Waals surface area contributed by atoms with Crippen LogP contribution in [0.4, 0.5) is 52.7 Å². The van der Waals surface area contributed by atoms with E-state index < -0.39 is 67.9 Å². The maximum atomic E-state index is 13.1. The van der Waals surface area contributed by atoms with Crippen molar-refractivity contribution >= 4 is 35.7 Å². The molecule has 0 aliphatic heterocycles. The van der Waals surface area contributed by atoms with Crippen molar-refractivity contribution in [3.05, 3.63) is 83.9 Å². The van der Waals surface area contributed by atoms with Gasteiger partial charge in [-0.05, 0) is 22.3 Å². The van der Waals surface area contributed by atoms with Gasteiger partial charge in [-0.3, -0.25) is 0 Å². The number of carbonyl (C=O) groups is 2. The number of alkyl halides is 13. The molecule has 0 aromatic heterocycles. The van der Waals surface area contributed by atoms with E-state index in [1.165, 1.54) is 60.7 Å². The molecular weight excluding hydrogens is 736 g/mol. The van der Waals surface area contributed by atoms with Gasteiger partial charge in [-0.15, -0.1) is 11.6 Å². The van der Waals surface area contributed by atoms with Crippen LogP contribution in [0, 0.1) is 0 Å². The molecule has 0 heterocycles. The third kappa shape index (κ3) is 11.9. The van der Waals surface area contributed by atoms with Gasteiger partial charge >= 0.3 is 47.8 Å². The van der Waals surface area contributed by atoms with Gasteiger partial charge in [-0.1, -0.05) is 80.8 Å². The molecule has 2 rings (SSSR count). The molecule has 0 aliphatic carbocycles. The van der Waals surface area contributed by atoms with Crippen molar-refractivity contribution in [2.24, 2.45) is 0 Å². The van der Waals surface area contributed by atoms with Crippen LogP contribution in [0.1, 0.15) is 29.2 Å². The third-order valence-electron chi connectivity index (χ3n) is 5.77. The fraction of sp³-hybridized carbons (Fsp3) is 0.400. The quantitative estimate of drug-likeness (QED) is 0.107. The van der Waals surface area contributed by atoms with Crippen molar-refractivity contribution in [1.82, 2.24) is 0 Å². The fourth-order valence-electron chi connectivity index (χ4n) is 3.16. The van der Waals surface area contributed by atoms with Crippen LogP contribution in [0.3, 0.4) is 0 Å². The number of hydrogen-bond acceptors (Lipinski definition) is 7. The Kier molecular flexibility index (Phi) is 17.5. The highest BCUT2D eigenvalue weighted by Crippen LogP contribution is 2.47. The molecule has 0 atom stereocenters. The van der Waals surface area contributed by atoms with Crippen LogP contribution in [0.15, 0.2) is 61.7 Å². The second kappa shape index (κ2) is 19.0. The summed E-state index contributed by atoms with van der Waals surface area (Å²) in [4.78, 5) is 22.8. The molecule has 20 heteroatoms. The highest BCUT2D eigenvalue weighted by Gasteiger charge is 2.79. The van der Waals surface area contributed by atoms with E-state index in [0.717, 1.165) is 13.0 Å². The van der Waals surface area contributed by atoms with Gasteiger partial charge < -0.3 is 24.1 Å². The summed E-state index contributed by atoms with van der Waals surface area (Å²) < 4.78 is 169. The normalized spacial score (nSPS) is 12.4. The predicted molar refractivity (Wildman–Crippen MR) is 154 cm³/mol. The maximum Gasteiger partial charge on any atom is 0.437 e. The first kappa shape index (κ1) is 46.2. The summed E-state index contributed by atoms with van der Waals surface area (Å²) >= 11 is 5.00. The summed E-state index contributed by atoms with van der Waals surface area (Å²) in [5.41, 5.74) is -9.07. The number of benzene rings is 2. The first-order chi connectivity index (χ1) is 22.8. The average molecular weight is 765 g/mol. The van der Waals surface area contributed by atoms with Gasteiger partial charge in [0.05, 0.1) is 0 Å². The SMILES string of the molecule is C=Cc1ccc(COC(=O)C(O)(C(F)(F)F)C(F)(F)F)cc1.C=Cc1ccc(COC(=O)C(OCOC)(C(F)(F)F)C(F)(F)F)cc1.CCCl. The van der Waals surface area contributed by atoms with Gasteiger partial charge in [0.25, 0.3) is 0 Å². The highest BCUT2D eigenvalue weighted by atomic mass is 35.5. The summed E-state index contributed by atoms with van der Waals surface area (Å²) in [6.07, 6.45) is -21.8. The number of carbonyl (C=O) groups excluding carboxylic acids is 2. The lowest BCUT2D eigenvalue weighted by Crippen LogP contribution is -2.64. The van der Waals surface area contributed by atoms with Gasteiger partial charge in [0.2, 0.25) is 0 Å². The van der Waals surface area contributed by atoms with Crippen molar-refractivity contribution in [1.29, 1.82) is 0 Å². The number of methoxy groups -OCH3 is 1. The molecule has 50 heavy (non-hydrogen) atoms. The zero-order valence-corrected chi connectivity index (χ0v) is 26.6. The molecule has 0 aliphatic rings. The average Bonchev–Trinajstić information content (AvgIpc) is 3.01. The van der Waals surface area contributed by atoms with Crippen molar-refractivity contribution in [3.8, 4) is 0 Å². The minimum atomic E-state index is -6.25. The van der Waals surface area contributed by atoms with Crippen LogP contribution in [0.5, 0.6) is 0 Å². The van der Waals surface area contributed by atoms with Crippen LogP contribution in [0.2, 0.25) is 0 Å². The molecule has 2 aromatic rings. The van der Waals surface area contributed by atoms with E-state index in [-0.39, 0.29) is 11.1 Å². The van der Waals surface area contributed by atoms with Gasteiger partial charge in [0, 0.05) is 13.0 Å². The van der Waals surface area contributed by atoms with Gasteiger partial charge in [-0.25, -0.2) is 9.59 Å². The molecule has 0 amide bonds. The highest BCUT2D eigenvalue weighted by molar-refractivity contribution is 6.17. The van der Waals surface area contributed by atoms with E-state index in [4.69, 9.17) is 16.7 Å². The lowest BCUT2D eigenvalue weighted by molar-refractivity contribution is -0.380. The minimum Gasteiger partial charge on any atom is -0.458 e. The Bertz CT molecular complexity index is 1340. The summed E-state index contributed by atoms with van der Waals surface area (Å²) in [6, 6.07) is 11.3. The Labute approximate surface area is 282 Å². The Morgan fingerprint density at radius 1 is 0.680 bits per heavy atom. The van der Waals surface area contributed by atoms with E-state index in [2.05, 4.69) is 32.1 Å². The smallest absolute Gasteiger partial charge is 0.437 e. The molecule has 0 spiro atoms. The molecule has 0 saturated heterocycles. The first-order valence-electron chi connectivity index (χ1n) is 13.3. The molecule has 2 aromatic carbocycles. The van der Waals surface area contributed by atoms with Gasteiger partial charge in [0.15, 0.2) is 0 Å². The molecule has 1 N–H and O–H groups in total. The van der Waals surface area contributed by atoms with Gasteiger partial charge in [0.1, 0.15) is 20.0 Å². The molecule has 0 radical (unpaired) electrons. The number of aliphatic hydroxyl groups is 1. The lowest BCUT2D eigenvalue weighted by atomic mass is 10.0. The molecule has 0 unspecified atom stereocenters. The van der Waals surface area contributed by atoms with E-state index in [1.54, 1.807) is 0 Å². The van der Waals surface area contributed by atoms with E-state index in [9.17, 15) is 62.3 Å². The molecule has 0 fully saturated rings. The van der Waals surface area contributed by atoms with Crippen LogP contribution < -0.4 is 0 Å². The van der Waals surface area contributed by atoms with Crippen LogP contribution in [0.25, 0.3) is 12.2 Å². The number of ether oxygens (including phenoxy) is 4. The summed E-state index contributed by atoms with van der Waals surface area (Å²) in [5, 5.41) is 8.78. The molecule has 0 saturated carbocycles. The van der Waals surface area contributed by atoms with Crippen LogP contribution in [-0.4, -0.2) is 72.7 Å². The Balaban J connectivity index is 0.000000896. The number of hydrogen-bond donors (Lipinski definition) is 1. The second-order valence-electron chi connectivity index (χ2n) is 9.24. The van der Waals surface area contributed by atoms with Crippen molar-refractivity contribution in [2.45, 2.75) is 56.0 Å². The topological polar surface area (TPSA) is 91.3 Å².